The van der Waals surface area contributed by atoms with Gasteiger partial charge in [-0.3, -0.25) is 20.2 Å². The molecular weight excluding hydrogens is 276 g/mol. The molecule has 0 aliphatic carbocycles. The van der Waals surface area contributed by atoms with E-state index in [0.717, 1.165) is 6.08 Å². The monoisotopic (exact) mass is 277 g/mol. The van der Waals surface area contributed by atoms with Crippen molar-refractivity contribution in [1.82, 2.24) is 0 Å². The molecule has 0 saturated heterocycles. The van der Waals surface area contributed by atoms with Crippen molar-refractivity contribution in [2.75, 3.05) is 0 Å². The predicted molar refractivity (Wildman–Crippen MR) is 53.6 cm³/mol. The maximum Gasteiger partial charge on any atom is 0.385 e. The first-order valence-electron chi connectivity index (χ1n) is 3.95. The average molecular weight is 277 g/mol. The summed E-state index contributed by atoms with van der Waals surface area (Å²) in [5.41, 5.74) is -2.90. The van der Waals surface area contributed by atoms with Crippen molar-refractivity contribution in [1.29, 1.82) is 0 Å². The lowest BCUT2D eigenvalue weighted by atomic mass is 10.2. The van der Waals surface area contributed by atoms with Gasteiger partial charge in [0, 0.05) is 11.9 Å². The molecule has 0 aromatic heterocycles. The molecule has 0 unspecified atom stereocenters. The van der Waals surface area contributed by atoms with Crippen molar-refractivity contribution in [2.45, 2.75) is 4.90 Å². The second-order valence-corrected chi connectivity index (χ2v) is 3.46. The average Bonchev–Trinajstić information content (AvgIpc) is 2.28. The molecule has 0 atom stereocenters. The van der Waals surface area contributed by atoms with Crippen LogP contribution in [0.2, 0.25) is 0 Å². The van der Waals surface area contributed by atoms with Crippen LogP contribution in [0.25, 0.3) is 0 Å². The topological polar surface area (TPSA) is 116 Å². The highest BCUT2D eigenvalue weighted by atomic mass is 32.2. The van der Waals surface area contributed by atoms with Gasteiger partial charge in [-0.2, -0.15) is 4.39 Å². The van der Waals surface area contributed by atoms with Crippen LogP contribution >= 0.6 is 11.9 Å². The maximum atomic E-state index is 13.1. The summed E-state index contributed by atoms with van der Waals surface area (Å²) >= 11 is 0.0784. The van der Waals surface area contributed by atoms with Crippen LogP contribution in [0.1, 0.15) is 0 Å². The number of hydrogen-bond acceptors (Lipinski definition) is 7. The van der Waals surface area contributed by atoms with Gasteiger partial charge in [0.1, 0.15) is 4.90 Å². The molecule has 0 amide bonds. The van der Waals surface area contributed by atoms with Crippen molar-refractivity contribution in [3.05, 3.63) is 37.9 Å². The van der Waals surface area contributed by atoms with Crippen molar-refractivity contribution in [3.8, 4) is 0 Å². The number of isocyanates is 1. The molecule has 0 N–H and O–H groups in total. The molecule has 8 nitrogen and oxygen atoms in total. The number of nitro benzene ring substituents is 2. The first-order valence-corrected chi connectivity index (χ1v) is 4.72. The summed E-state index contributed by atoms with van der Waals surface area (Å²) in [6, 6.07) is 0.339. The molecule has 1 aromatic rings. The highest BCUT2D eigenvalue weighted by Crippen LogP contribution is 2.40. The van der Waals surface area contributed by atoms with Gasteiger partial charge in [-0.25, -0.2) is 9.18 Å². The van der Waals surface area contributed by atoms with Gasteiger partial charge < -0.3 is 0 Å². The van der Waals surface area contributed by atoms with Gasteiger partial charge in [0.15, 0.2) is 5.82 Å². The van der Waals surface area contributed by atoms with Crippen molar-refractivity contribution >= 4 is 29.4 Å². The molecule has 0 fully saturated rings. The molecule has 1 rings (SSSR count). The van der Waals surface area contributed by atoms with E-state index in [9.17, 15) is 33.8 Å². The zero-order valence-corrected chi connectivity index (χ0v) is 8.94. The molecular formula is C7HF2N3O5S. The van der Waals surface area contributed by atoms with Crippen LogP contribution in [-0.4, -0.2) is 15.9 Å². The van der Waals surface area contributed by atoms with Crippen LogP contribution in [-0.2, 0) is 4.79 Å². The first-order chi connectivity index (χ1) is 8.40. The highest BCUT2D eigenvalue weighted by molar-refractivity contribution is 7.98. The normalized spacial score (nSPS) is 9.67. The summed E-state index contributed by atoms with van der Waals surface area (Å²) < 4.78 is 29.0. The number of carbonyl (C=O) groups excluding carboxylic acids is 1. The van der Waals surface area contributed by atoms with Gasteiger partial charge in [-0.05, 0) is 6.07 Å². The van der Waals surface area contributed by atoms with Crippen molar-refractivity contribution in [3.63, 3.8) is 0 Å². The second kappa shape index (κ2) is 5.29. The fourth-order valence-electron chi connectivity index (χ4n) is 1.06. The molecule has 0 saturated carbocycles. The SMILES string of the molecule is O=C=NSc1cc(F)c(F)c([N+](=O)[O-])c1[N+](=O)[O-]. The van der Waals surface area contributed by atoms with E-state index in [4.69, 9.17) is 0 Å². The Morgan fingerprint density at radius 3 is 2.22 bits per heavy atom. The fraction of sp³-hybridized carbons (Fsp3) is 0. The van der Waals surface area contributed by atoms with E-state index in [1.165, 1.54) is 0 Å². The van der Waals surface area contributed by atoms with Crippen LogP contribution in [0.4, 0.5) is 20.2 Å². The smallest absolute Gasteiger partial charge is 0.258 e. The molecule has 94 valence electrons. The summed E-state index contributed by atoms with van der Waals surface area (Å²) in [7, 11) is 0. The lowest BCUT2D eigenvalue weighted by Gasteiger charge is -2.01. The number of nitro groups is 2. The Kier molecular flexibility index (Phi) is 4.02. The Bertz CT molecular complexity index is 587. The third-order valence-corrected chi connectivity index (χ3v) is 2.35. The summed E-state index contributed by atoms with van der Waals surface area (Å²) in [6.45, 7) is 0. The number of hydrogen-bond donors (Lipinski definition) is 0. The molecule has 0 aliphatic rings. The Hall–Kier alpha value is -2.39. The van der Waals surface area contributed by atoms with Crippen LogP contribution in [0.3, 0.4) is 0 Å². The predicted octanol–water partition coefficient (Wildman–Crippen LogP) is 2.12. The van der Waals surface area contributed by atoms with Gasteiger partial charge in [-0.1, -0.05) is 0 Å². The van der Waals surface area contributed by atoms with Gasteiger partial charge in [-0.15, -0.1) is 4.40 Å². The van der Waals surface area contributed by atoms with Gasteiger partial charge in [0.2, 0.25) is 11.9 Å². The third kappa shape index (κ3) is 2.47. The summed E-state index contributed by atoms with van der Waals surface area (Å²) in [5, 5.41) is 21.1. The quantitative estimate of drug-likeness (QED) is 0.273. The maximum absolute atomic E-state index is 13.1. The lowest BCUT2D eigenvalue weighted by molar-refractivity contribution is -0.426. The Labute approximate surface area is 101 Å². The van der Waals surface area contributed by atoms with E-state index >= 15 is 0 Å². The van der Waals surface area contributed by atoms with Crippen LogP contribution in [0.15, 0.2) is 15.4 Å². The number of benzene rings is 1. The zero-order valence-electron chi connectivity index (χ0n) is 8.12. The summed E-state index contributed by atoms with van der Waals surface area (Å²) in [5.74, 6) is -3.61. The molecule has 1 aromatic carbocycles. The fourth-order valence-corrected chi connectivity index (χ4v) is 1.61. The van der Waals surface area contributed by atoms with Crippen molar-refractivity contribution in [2.24, 2.45) is 4.40 Å². The minimum absolute atomic E-state index is 0.0784. The van der Waals surface area contributed by atoms with Crippen molar-refractivity contribution < 1.29 is 23.4 Å². The van der Waals surface area contributed by atoms with E-state index in [-0.39, 0.29) is 11.9 Å². The largest absolute Gasteiger partial charge is 0.385 e. The molecule has 0 spiro atoms. The number of halogens is 2. The molecule has 18 heavy (non-hydrogen) atoms. The third-order valence-electron chi connectivity index (χ3n) is 1.68. The van der Waals surface area contributed by atoms with Gasteiger partial charge >= 0.3 is 11.4 Å². The van der Waals surface area contributed by atoms with E-state index in [0.29, 0.717) is 6.07 Å². The Balaban J connectivity index is 3.66. The number of rotatable bonds is 4. The molecule has 0 radical (unpaired) electrons. The van der Waals surface area contributed by atoms with E-state index in [1.807, 2.05) is 0 Å². The number of nitrogens with zero attached hydrogens (tertiary/aromatic N) is 3. The molecule has 11 heteroatoms. The minimum atomic E-state index is -1.95. The Morgan fingerprint density at radius 2 is 1.78 bits per heavy atom. The van der Waals surface area contributed by atoms with Crippen LogP contribution < -0.4 is 0 Å². The van der Waals surface area contributed by atoms with Gasteiger partial charge in [0.25, 0.3) is 0 Å². The van der Waals surface area contributed by atoms with Gasteiger partial charge in [0.05, 0.1) is 9.85 Å². The van der Waals surface area contributed by atoms with Crippen LogP contribution in [0.5, 0.6) is 0 Å². The molecule has 0 heterocycles. The standard InChI is InChI=1S/C7HF2N3O5S/c8-3-1-4(18-10-2-13)6(11(14)15)7(5(3)9)12(16)17/h1H. The molecule has 0 aliphatic heterocycles. The molecule has 0 bridgehead atoms. The zero-order chi connectivity index (χ0) is 13.9. The first kappa shape index (κ1) is 13.7. The second-order valence-electron chi connectivity index (χ2n) is 2.66. The van der Waals surface area contributed by atoms with E-state index in [2.05, 4.69) is 4.40 Å². The highest BCUT2D eigenvalue weighted by Gasteiger charge is 2.36. The van der Waals surface area contributed by atoms with E-state index in [1.54, 1.807) is 0 Å². The lowest BCUT2D eigenvalue weighted by Crippen LogP contribution is -2.03. The Morgan fingerprint density at radius 1 is 1.22 bits per heavy atom. The summed E-state index contributed by atoms with van der Waals surface area (Å²) in [4.78, 5) is 27.6. The summed E-state index contributed by atoms with van der Waals surface area (Å²) in [6.07, 6.45) is 0.994. The minimum Gasteiger partial charge on any atom is -0.258 e. The van der Waals surface area contributed by atoms with E-state index < -0.39 is 37.8 Å². The van der Waals surface area contributed by atoms with Crippen LogP contribution in [0, 0.1) is 31.9 Å².